The molecule has 0 amide bonds. The van der Waals surface area contributed by atoms with Gasteiger partial charge in [-0.05, 0) is 40.8 Å². The van der Waals surface area contributed by atoms with Gasteiger partial charge in [-0.3, -0.25) is 0 Å². The van der Waals surface area contributed by atoms with E-state index in [1.807, 2.05) is 11.3 Å². The van der Waals surface area contributed by atoms with E-state index < -0.39 is 0 Å². The number of halogens is 1. The van der Waals surface area contributed by atoms with Gasteiger partial charge in [0.05, 0.1) is 0 Å². The maximum absolute atomic E-state index is 5.93. The van der Waals surface area contributed by atoms with Gasteiger partial charge in [-0.25, -0.2) is 0 Å². The lowest BCUT2D eigenvalue weighted by molar-refractivity contribution is 0.509. The number of hydrogen-bond acceptors (Lipinski definition) is 2. The van der Waals surface area contributed by atoms with E-state index in [-0.39, 0.29) is 5.41 Å². The fourth-order valence-corrected chi connectivity index (χ4v) is 4.19. The number of thiophene rings is 1. The first-order valence-electron chi connectivity index (χ1n) is 4.89. The molecule has 0 aliphatic heterocycles. The maximum Gasteiger partial charge on any atom is 0.0314 e. The highest BCUT2D eigenvalue weighted by molar-refractivity contribution is 9.10. The average molecular weight is 274 g/mol. The van der Waals surface area contributed by atoms with Crippen molar-refractivity contribution in [1.29, 1.82) is 0 Å². The summed E-state index contributed by atoms with van der Waals surface area (Å²) in [6.45, 7) is 7.54. The van der Waals surface area contributed by atoms with Crippen LogP contribution in [0.4, 0.5) is 0 Å². The summed E-state index contributed by atoms with van der Waals surface area (Å²) in [6, 6.07) is 2.25. The second-order valence-electron chi connectivity index (χ2n) is 4.86. The average Bonchev–Trinajstić information content (AvgIpc) is 2.52. The Morgan fingerprint density at radius 1 is 1.57 bits per heavy atom. The van der Waals surface area contributed by atoms with E-state index in [0.29, 0.717) is 5.41 Å². The molecule has 3 heteroatoms. The van der Waals surface area contributed by atoms with E-state index in [0.717, 1.165) is 6.54 Å². The minimum atomic E-state index is 0.258. The Hall–Kier alpha value is 0.140. The summed E-state index contributed by atoms with van der Waals surface area (Å²) < 4.78 is 1.23. The van der Waals surface area contributed by atoms with Crippen molar-refractivity contribution in [2.45, 2.75) is 32.6 Å². The molecule has 0 spiro atoms. The highest BCUT2D eigenvalue weighted by Crippen LogP contribution is 2.65. The van der Waals surface area contributed by atoms with Crippen LogP contribution < -0.4 is 5.73 Å². The molecule has 0 saturated heterocycles. The van der Waals surface area contributed by atoms with E-state index in [1.54, 1.807) is 0 Å². The second-order valence-corrected chi connectivity index (χ2v) is 6.97. The lowest BCUT2D eigenvalue weighted by Crippen LogP contribution is -2.24. The molecule has 78 valence electrons. The summed E-state index contributed by atoms with van der Waals surface area (Å²) in [5.41, 5.74) is 6.57. The van der Waals surface area contributed by atoms with Crippen molar-refractivity contribution in [2.75, 3.05) is 6.54 Å². The molecule has 1 saturated carbocycles. The standard InChI is InChI=1S/C11H16BrNS/c1-7-8(12)4-9(14-7)11(6-13)5-10(11,2)3/h4H,5-6,13H2,1-3H3. The third-order valence-corrected chi connectivity index (χ3v) is 5.93. The molecular formula is C11H16BrNS. The van der Waals surface area contributed by atoms with Gasteiger partial charge in [-0.15, -0.1) is 11.3 Å². The van der Waals surface area contributed by atoms with Gasteiger partial charge >= 0.3 is 0 Å². The molecule has 1 atom stereocenters. The monoisotopic (exact) mass is 273 g/mol. The van der Waals surface area contributed by atoms with Crippen molar-refractivity contribution in [1.82, 2.24) is 0 Å². The third kappa shape index (κ3) is 1.29. The van der Waals surface area contributed by atoms with Crippen molar-refractivity contribution in [3.05, 3.63) is 20.3 Å². The SMILES string of the molecule is Cc1sc(C2(CN)CC2(C)C)cc1Br. The lowest BCUT2D eigenvalue weighted by atomic mass is 9.94. The van der Waals surface area contributed by atoms with Crippen LogP contribution in [0.1, 0.15) is 30.0 Å². The van der Waals surface area contributed by atoms with Gasteiger partial charge in [-0.2, -0.15) is 0 Å². The summed E-state index contributed by atoms with van der Waals surface area (Å²) in [4.78, 5) is 2.81. The summed E-state index contributed by atoms with van der Waals surface area (Å²) >= 11 is 5.46. The molecule has 1 fully saturated rings. The van der Waals surface area contributed by atoms with Crippen LogP contribution in [0.3, 0.4) is 0 Å². The molecule has 2 rings (SSSR count). The van der Waals surface area contributed by atoms with Crippen LogP contribution in [0.5, 0.6) is 0 Å². The molecule has 0 radical (unpaired) electrons. The van der Waals surface area contributed by atoms with Gasteiger partial charge in [-0.1, -0.05) is 13.8 Å². The minimum absolute atomic E-state index is 0.258. The zero-order valence-electron chi connectivity index (χ0n) is 8.86. The molecule has 1 aliphatic carbocycles. The largest absolute Gasteiger partial charge is 0.330 e. The molecular weight excluding hydrogens is 258 g/mol. The van der Waals surface area contributed by atoms with Crippen LogP contribution in [0.2, 0.25) is 0 Å². The number of nitrogens with two attached hydrogens (primary N) is 1. The molecule has 1 aliphatic rings. The Morgan fingerprint density at radius 3 is 2.43 bits per heavy atom. The number of hydrogen-bond donors (Lipinski definition) is 1. The van der Waals surface area contributed by atoms with Crippen molar-refractivity contribution < 1.29 is 0 Å². The maximum atomic E-state index is 5.93. The van der Waals surface area contributed by atoms with E-state index >= 15 is 0 Å². The molecule has 1 aromatic rings. The Bertz CT molecular complexity index is 350. The topological polar surface area (TPSA) is 26.0 Å². The molecule has 2 N–H and O–H groups in total. The molecule has 14 heavy (non-hydrogen) atoms. The zero-order chi connectivity index (χ0) is 10.6. The van der Waals surface area contributed by atoms with Crippen molar-refractivity contribution in [3.8, 4) is 0 Å². The van der Waals surface area contributed by atoms with Gasteiger partial charge < -0.3 is 5.73 Å². The van der Waals surface area contributed by atoms with E-state index in [4.69, 9.17) is 5.73 Å². The molecule has 0 bridgehead atoms. The molecule has 0 aromatic carbocycles. The van der Waals surface area contributed by atoms with Gasteiger partial charge in [0.25, 0.3) is 0 Å². The fourth-order valence-electron chi connectivity index (χ4n) is 2.28. The van der Waals surface area contributed by atoms with Crippen LogP contribution in [0.25, 0.3) is 0 Å². The third-order valence-electron chi connectivity index (χ3n) is 3.59. The van der Waals surface area contributed by atoms with E-state index in [9.17, 15) is 0 Å². The van der Waals surface area contributed by atoms with Crippen molar-refractivity contribution in [3.63, 3.8) is 0 Å². The predicted molar refractivity (Wildman–Crippen MR) is 65.9 cm³/mol. The predicted octanol–water partition coefficient (Wildman–Crippen LogP) is 3.45. The number of rotatable bonds is 2. The summed E-state index contributed by atoms with van der Waals surface area (Å²) in [5.74, 6) is 0. The summed E-state index contributed by atoms with van der Waals surface area (Å²) in [6.07, 6.45) is 1.23. The minimum Gasteiger partial charge on any atom is -0.330 e. The van der Waals surface area contributed by atoms with Crippen LogP contribution >= 0.6 is 27.3 Å². The normalized spacial score (nSPS) is 29.2. The first-order valence-corrected chi connectivity index (χ1v) is 6.50. The number of aryl methyl sites for hydroxylation is 1. The Kier molecular flexibility index (Phi) is 2.33. The van der Waals surface area contributed by atoms with Crippen LogP contribution in [0.15, 0.2) is 10.5 Å². The lowest BCUT2D eigenvalue weighted by Gasteiger charge is -2.16. The molecule has 1 aromatic heterocycles. The Morgan fingerprint density at radius 2 is 2.14 bits per heavy atom. The molecule has 1 nitrogen and oxygen atoms in total. The van der Waals surface area contributed by atoms with Crippen LogP contribution in [-0.4, -0.2) is 6.54 Å². The fraction of sp³-hybridized carbons (Fsp3) is 0.636. The second kappa shape index (κ2) is 3.06. The highest BCUT2D eigenvalue weighted by Gasteiger charge is 2.61. The first-order chi connectivity index (χ1) is 6.43. The molecule has 1 unspecified atom stereocenters. The quantitative estimate of drug-likeness (QED) is 0.878. The first kappa shape index (κ1) is 10.7. The summed E-state index contributed by atoms with van der Waals surface area (Å²) in [5, 5.41) is 0. The Balaban J connectivity index is 2.40. The van der Waals surface area contributed by atoms with E-state index in [1.165, 1.54) is 20.6 Å². The van der Waals surface area contributed by atoms with Gasteiger partial charge in [0, 0.05) is 26.2 Å². The van der Waals surface area contributed by atoms with Crippen LogP contribution in [-0.2, 0) is 5.41 Å². The summed E-state index contributed by atoms with van der Waals surface area (Å²) in [7, 11) is 0. The highest BCUT2D eigenvalue weighted by atomic mass is 79.9. The van der Waals surface area contributed by atoms with Crippen molar-refractivity contribution in [2.24, 2.45) is 11.1 Å². The Labute approximate surface area is 97.8 Å². The van der Waals surface area contributed by atoms with Gasteiger partial charge in [0.1, 0.15) is 0 Å². The van der Waals surface area contributed by atoms with Crippen LogP contribution in [0, 0.1) is 12.3 Å². The van der Waals surface area contributed by atoms with Gasteiger partial charge in [0.15, 0.2) is 0 Å². The van der Waals surface area contributed by atoms with E-state index in [2.05, 4.69) is 42.8 Å². The molecule has 1 heterocycles. The smallest absolute Gasteiger partial charge is 0.0314 e. The van der Waals surface area contributed by atoms with Crippen molar-refractivity contribution >= 4 is 27.3 Å². The van der Waals surface area contributed by atoms with Gasteiger partial charge in [0.2, 0.25) is 0 Å². The zero-order valence-corrected chi connectivity index (χ0v) is 11.3.